The predicted octanol–water partition coefficient (Wildman–Crippen LogP) is 1.20. The third-order valence-corrected chi connectivity index (χ3v) is 3.96. The molecule has 19 heavy (non-hydrogen) atoms. The first kappa shape index (κ1) is 13.8. The Morgan fingerprint density at radius 2 is 2.26 bits per heavy atom. The molecule has 2 N–H and O–H groups in total. The Morgan fingerprint density at radius 3 is 2.84 bits per heavy atom. The molecule has 2 atom stereocenters. The fraction of sp³-hybridized carbons (Fsp3) is 0.750. The Morgan fingerprint density at radius 1 is 1.58 bits per heavy atom. The van der Waals surface area contributed by atoms with Crippen molar-refractivity contribution in [3.8, 4) is 0 Å². The molecule has 0 aliphatic carbocycles. The van der Waals surface area contributed by atoms with E-state index in [4.69, 9.17) is 5.73 Å². The molecule has 1 aromatic heterocycles. The second kappa shape index (κ2) is 5.16. The van der Waals surface area contributed by atoms with Gasteiger partial charge in [-0.15, -0.1) is 0 Å². The SMILES string of the molecule is CCC1CN(c2c([N+](=O)[O-])c(C)nn2C)CCC1N. The summed E-state index contributed by atoms with van der Waals surface area (Å²) in [6.45, 7) is 5.29. The van der Waals surface area contributed by atoms with E-state index in [-0.39, 0.29) is 16.7 Å². The van der Waals surface area contributed by atoms with Crippen LogP contribution >= 0.6 is 0 Å². The lowest BCUT2D eigenvalue weighted by atomic mass is 9.91. The summed E-state index contributed by atoms with van der Waals surface area (Å²) in [5.74, 6) is 0.983. The zero-order chi connectivity index (χ0) is 14.2. The standard InChI is InChI=1S/C12H21N5O2/c1-4-9-7-16(6-5-10(9)13)12-11(17(18)19)8(2)14-15(12)3/h9-10H,4-7,13H2,1-3H3. The minimum Gasteiger partial charge on any atom is -0.351 e. The molecule has 7 nitrogen and oxygen atoms in total. The van der Waals surface area contributed by atoms with Crippen LogP contribution in [0.1, 0.15) is 25.5 Å². The molecule has 2 rings (SSSR count). The van der Waals surface area contributed by atoms with Crippen molar-refractivity contribution in [1.29, 1.82) is 0 Å². The highest BCUT2D eigenvalue weighted by Gasteiger charge is 2.33. The maximum Gasteiger partial charge on any atom is 0.333 e. The number of hydrogen-bond acceptors (Lipinski definition) is 5. The van der Waals surface area contributed by atoms with E-state index in [1.807, 2.05) is 0 Å². The molecule has 2 heterocycles. The molecule has 7 heteroatoms. The quantitative estimate of drug-likeness (QED) is 0.656. The number of hydrogen-bond donors (Lipinski definition) is 1. The van der Waals surface area contributed by atoms with E-state index in [9.17, 15) is 10.1 Å². The van der Waals surface area contributed by atoms with Crippen LogP contribution in [0.2, 0.25) is 0 Å². The van der Waals surface area contributed by atoms with E-state index in [0.717, 1.165) is 25.9 Å². The lowest BCUT2D eigenvalue weighted by Crippen LogP contribution is -2.47. The average Bonchev–Trinajstić information content (AvgIpc) is 2.65. The summed E-state index contributed by atoms with van der Waals surface area (Å²) < 4.78 is 1.61. The Kier molecular flexibility index (Phi) is 3.75. The van der Waals surface area contributed by atoms with E-state index in [1.165, 1.54) is 0 Å². The number of anilines is 1. The van der Waals surface area contributed by atoms with E-state index >= 15 is 0 Å². The number of nitrogens with two attached hydrogens (primary N) is 1. The lowest BCUT2D eigenvalue weighted by Gasteiger charge is -2.37. The van der Waals surface area contributed by atoms with Crippen LogP contribution < -0.4 is 10.6 Å². The Labute approximate surface area is 112 Å². The van der Waals surface area contributed by atoms with Gasteiger partial charge in [-0.3, -0.25) is 10.1 Å². The molecular weight excluding hydrogens is 246 g/mol. The molecule has 1 saturated heterocycles. The summed E-state index contributed by atoms with van der Waals surface area (Å²) in [4.78, 5) is 12.9. The lowest BCUT2D eigenvalue weighted by molar-refractivity contribution is -0.384. The first-order valence-corrected chi connectivity index (χ1v) is 6.64. The van der Waals surface area contributed by atoms with E-state index in [2.05, 4.69) is 16.9 Å². The van der Waals surface area contributed by atoms with Gasteiger partial charge in [0, 0.05) is 26.2 Å². The maximum absolute atomic E-state index is 11.2. The van der Waals surface area contributed by atoms with Gasteiger partial charge in [0.05, 0.1) is 4.92 Å². The molecule has 0 spiro atoms. The molecule has 1 aliphatic heterocycles. The third kappa shape index (κ3) is 2.42. The summed E-state index contributed by atoms with van der Waals surface area (Å²) in [7, 11) is 1.75. The molecule has 0 amide bonds. The minimum atomic E-state index is -0.340. The van der Waals surface area contributed by atoms with Gasteiger partial charge in [0.15, 0.2) is 0 Å². The van der Waals surface area contributed by atoms with Crippen LogP contribution in [0.15, 0.2) is 0 Å². The summed E-state index contributed by atoms with van der Waals surface area (Å²) in [5.41, 5.74) is 6.67. The zero-order valence-corrected chi connectivity index (χ0v) is 11.7. The van der Waals surface area contributed by atoms with Gasteiger partial charge in [-0.05, 0) is 19.3 Å². The number of nitrogens with zero attached hydrogens (tertiary/aromatic N) is 4. The van der Waals surface area contributed by atoms with Gasteiger partial charge in [0.25, 0.3) is 0 Å². The highest BCUT2D eigenvalue weighted by Crippen LogP contribution is 2.33. The summed E-state index contributed by atoms with van der Waals surface area (Å²) in [6.07, 6.45) is 1.85. The van der Waals surface area contributed by atoms with Gasteiger partial charge in [0.1, 0.15) is 5.69 Å². The van der Waals surface area contributed by atoms with Crippen molar-refractivity contribution >= 4 is 11.5 Å². The Hall–Kier alpha value is -1.63. The van der Waals surface area contributed by atoms with Crippen molar-refractivity contribution in [2.45, 2.75) is 32.7 Å². The van der Waals surface area contributed by atoms with Crippen molar-refractivity contribution in [3.63, 3.8) is 0 Å². The topological polar surface area (TPSA) is 90.2 Å². The van der Waals surface area contributed by atoms with Gasteiger partial charge in [0.2, 0.25) is 5.82 Å². The largest absolute Gasteiger partial charge is 0.351 e. The fourth-order valence-corrected chi connectivity index (χ4v) is 2.88. The smallest absolute Gasteiger partial charge is 0.333 e. The first-order chi connectivity index (χ1) is 8.95. The number of nitro groups is 1. The van der Waals surface area contributed by atoms with Crippen molar-refractivity contribution < 1.29 is 4.92 Å². The zero-order valence-electron chi connectivity index (χ0n) is 11.7. The van der Waals surface area contributed by atoms with Crippen LogP contribution in [0.4, 0.5) is 11.5 Å². The maximum atomic E-state index is 11.2. The molecular formula is C12H21N5O2. The van der Waals surface area contributed by atoms with Crippen LogP contribution in [0.25, 0.3) is 0 Å². The van der Waals surface area contributed by atoms with E-state index in [0.29, 0.717) is 17.4 Å². The second-order valence-corrected chi connectivity index (χ2v) is 5.21. The molecule has 0 radical (unpaired) electrons. The third-order valence-electron chi connectivity index (χ3n) is 3.96. The minimum absolute atomic E-state index is 0.118. The summed E-state index contributed by atoms with van der Waals surface area (Å²) in [5, 5.41) is 15.4. The van der Waals surface area contributed by atoms with Crippen LogP contribution in [0.5, 0.6) is 0 Å². The van der Waals surface area contributed by atoms with Crippen LogP contribution in [-0.4, -0.2) is 33.8 Å². The van der Waals surface area contributed by atoms with Crippen LogP contribution in [0, 0.1) is 23.0 Å². The van der Waals surface area contributed by atoms with Crippen molar-refractivity contribution in [3.05, 3.63) is 15.8 Å². The number of piperidine rings is 1. The summed E-state index contributed by atoms with van der Waals surface area (Å²) in [6, 6.07) is 0.189. The molecule has 2 unspecified atom stereocenters. The van der Waals surface area contributed by atoms with Gasteiger partial charge in [-0.25, -0.2) is 4.68 Å². The van der Waals surface area contributed by atoms with Crippen LogP contribution in [-0.2, 0) is 7.05 Å². The number of aromatic nitrogens is 2. The molecule has 1 aromatic rings. The first-order valence-electron chi connectivity index (χ1n) is 6.64. The summed E-state index contributed by atoms with van der Waals surface area (Å²) >= 11 is 0. The molecule has 106 valence electrons. The normalized spacial score (nSPS) is 23.7. The van der Waals surface area contributed by atoms with E-state index < -0.39 is 0 Å². The van der Waals surface area contributed by atoms with Gasteiger partial charge < -0.3 is 10.6 Å². The Bertz CT molecular complexity index is 485. The predicted molar refractivity (Wildman–Crippen MR) is 73.2 cm³/mol. The van der Waals surface area contributed by atoms with Crippen molar-refractivity contribution in [1.82, 2.24) is 9.78 Å². The monoisotopic (exact) mass is 267 g/mol. The van der Waals surface area contributed by atoms with Gasteiger partial charge in [-0.1, -0.05) is 13.3 Å². The van der Waals surface area contributed by atoms with Crippen molar-refractivity contribution in [2.24, 2.45) is 18.7 Å². The Balaban J connectivity index is 2.34. The fourth-order valence-electron chi connectivity index (χ4n) is 2.88. The van der Waals surface area contributed by atoms with Gasteiger partial charge >= 0.3 is 5.69 Å². The molecule has 0 aromatic carbocycles. The molecule has 0 saturated carbocycles. The highest BCUT2D eigenvalue weighted by atomic mass is 16.6. The number of rotatable bonds is 3. The highest BCUT2D eigenvalue weighted by molar-refractivity contribution is 5.61. The van der Waals surface area contributed by atoms with E-state index in [1.54, 1.807) is 18.7 Å². The van der Waals surface area contributed by atoms with Crippen LogP contribution in [0.3, 0.4) is 0 Å². The number of aryl methyl sites for hydroxylation is 2. The molecule has 0 bridgehead atoms. The molecule has 1 aliphatic rings. The molecule has 1 fully saturated rings. The van der Waals surface area contributed by atoms with Gasteiger partial charge in [-0.2, -0.15) is 5.10 Å². The average molecular weight is 267 g/mol. The van der Waals surface area contributed by atoms with Crippen molar-refractivity contribution in [2.75, 3.05) is 18.0 Å². The second-order valence-electron chi connectivity index (χ2n) is 5.21.